The van der Waals surface area contributed by atoms with E-state index in [4.69, 9.17) is 0 Å². The second kappa shape index (κ2) is 7.65. The molecule has 1 aromatic heterocycles. The van der Waals surface area contributed by atoms with Crippen molar-refractivity contribution in [2.24, 2.45) is 5.92 Å². The predicted molar refractivity (Wildman–Crippen MR) is 99.6 cm³/mol. The molecule has 1 fully saturated rings. The molecule has 1 amide bonds. The van der Waals surface area contributed by atoms with Gasteiger partial charge in [-0.25, -0.2) is 9.37 Å². The fraction of sp³-hybridized carbons (Fsp3) is 0.500. The van der Waals surface area contributed by atoms with Crippen molar-refractivity contribution < 1.29 is 9.18 Å². The van der Waals surface area contributed by atoms with E-state index < -0.39 is 0 Å². The quantitative estimate of drug-likeness (QED) is 0.778. The van der Waals surface area contributed by atoms with Gasteiger partial charge in [0.2, 0.25) is 0 Å². The highest BCUT2D eigenvalue weighted by Crippen LogP contribution is 2.28. The van der Waals surface area contributed by atoms with Crippen LogP contribution in [0.5, 0.6) is 0 Å². The number of thiazole rings is 1. The number of hydrogen-bond donors (Lipinski definition) is 0. The molecule has 1 unspecified atom stereocenters. The average Bonchev–Trinajstić information content (AvgIpc) is 3.13. The number of aromatic nitrogens is 1. The molecule has 0 spiro atoms. The minimum Gasteiger partial charge on any atom is -0.335 e. The first kappa shape index (κ1) is 18.1. The lowest BCUT2D eigenvalue weighted by Gasteiger charge is -2.24. The molecule has 1 saturated heterocycles. The lowest BCUT2D eigenvalue weighted by molar-refractivity contribution is 0.0740. The number of aryl methyl sites for hydroxylation is 1. The van der Waals surface area contributed by atoms with E-state index in [-0.39, 0.29) is 17.8 Å². The zero-order valence-electron chi connectivity index (χ0n) is 15.1. The zero-order valence-corrected chi connectivity index (χ0v) is 15.9. The van der Waals surface area contributed by atoms with Crippen LogP contribution in [0.15, 0.2) is 24.3 Å². The maximum atomic E-state index is 13.4. The Labute approximate surface area is 152 Å². The Bertz CT molecular complexity index is 756. The fourth-order valence-electron chi connectivity index (χ4n) is 3.47. The van der Waals surface area contributed by atoms with Gasteiger partial charge in [0.15, 0.2) is 0 Å². The molecule has 0 N–H and O–H groups in total. The first-order chi connectivity index (χ1) is 11.9. The Balaban J connectivity index is 1.75. The lowest BCUT2D eigenvalue weighted by atomic mass is 10.0. The molecular formula is C20H25FN2OS. The molecule has 2 heterocycles. The summed E-state index contributed by atoms with van der Waals surface area (Å²) in [7, 11) is 0. The summed E-state index contributed by atoms with van der Waals surface area (Å²) in [5.41, 5.74) is 1.79. The van der Waals surface area contributed by atoms with Crippen molar-refractivity contribution in [3.05, 3.63) is 51.2 Å². The van der Waals surface area contributed by atoms with Crippen molar-refractivity contribution in [3.8, 4) is 0 Å². The monoisotopic (exact) mass is 360 g/mol. The van der Waals surface area contributed by atoms with Crippen LogP contribution < -0.4 is 0 Å². The Hall–Kier alpha value is -1.75. The van der Waals surface area contributed by atoms with Crippen LogP contribution in [0.4, 0.5) is 4.39 Å². The molecule has 0 aliphatic carbocycles. The van der Waals surface area contributed by atoms with E-state index >= 15 is 0 Å². The Kier molecular flexibility index (Phi) is 5.52. The van der Waals surface area contributed by atoms with Crippen LogP contribution in [0.25, 0.3) is 0 Å². The van der Waals surface area contributed by atoms with E-state index in [1.54, 1.807) is 12.1 Å². The van der Waals surface area contributed by atoms with Gasteiger partial charge in [-0.1, -0.05) is 26.0 Å². The lowest BCUT2D eigenvalue weighted by Crippen LogP contribution is -2.36. The van der Waals surface area contributed by atoms with Gasteiger partial charge in [0.05, 0.1) is 10.7 Å². The summed E-state index contributed by atoms with van der Waals surface area (Å²) in [5, 5.41) is 1.04. The highest BCUT2D eigenvalue weighted by atomic mass is 32.1. The topological polar surface area (TPSA) is 33.2 Å². The Morgan fingerprint density at radius 1 is 1.44 bits per heavy atom. The summed E-state index contributed by atoms with van der Waals surface area (Å²) < 4.78 is 13.4. The normalized spacial score (nSPS) is 17.5. The van der Waals surface area contributed by atoms with E-state index in [0.717, 1.165) is 46.9 Å². The number of carbonyl (C=O) groups excluding carboxylic acids is 1. The smallest absolute Gasteiger partial charge is 0.266 e. The summed E-state index contributed by atoms with van der Waals surface area (Å²) in [6.07, 6.45) is 3.59. The minimum atomic E-state index is -0.218. The second-order valence-electron chi connectivity index (χ2n) is 7.25. The molecule has 0 bridgehead atoms. The third kappa shape index (κ3) is 4.27. The molecule has 3 rings (SSSR count). The highest BCUT2D eigenvalue weighted by Gasteiger charge is 2.31. The van der Waals surface area contributed by atoms with Gasteiger partial charge in [0.1, 0.15) is 10.7 Å². The van der Waals surface area contributed by atoms with Crippen LogP contribution in [0.1, 0.15) is 52.6 Å². The number of halogens is 1. The summed E-state index contributed by atoms with van der Waals surface area (Å²) in [6.45, 7) is 7.02. The van der Waals surface area contributed by atoms with Crippen LogP contribution in [-0.4, -0.2) is 28.4 Å². The van der Waals surface area contributed by atoms with Gasteiger partial charge in [0.25, 0.3) is 5.91 Å². The van der Waals surface area contributed by atoms with Gasteiger partial charge in [-0.15, -0.1) is 11.3 Å². The van der Waals surface area contributed by atoms with Gasteiger partial charge >= 0.3 is 0 Å². The van der Waals surface area contributed by atoms with Gasteiger partial charge in [-0.2, -0.15) is 0 Å². The van der Waals surface area contributed by atoms with E-state index in [2.05, 4.69) is 18.8 Å². The molecule has 5 heteroatoms. The van der Waals surface area contributed by atoms with Crippen molar-refractivity contribution in [1.29, 1.82) is 0 Å². The number of nitrogens with zero attached hydrogens (tertiary/aromatic N) is 2. The number of rotatable bonds is 5. The molecule has 25 heavy (non-hydrogen) atoms. The molecule has 0 radical (unpaired) electrons. The van der Waals surface area contributed by atoms with Crippen LogP contribution in [0, 0.1) is 18.7 Å². The summed E-state index contributed by atoms with van der Waals surface area (Å²) in [5.74, 6) is 0.398. The first-order valence-corrected chi connectivity index (χ1v) is 9.77. The third-order valence-electron chi connectivity index (χ3n) is 4.62. The molecule has 1 atom stereocenters. The molecule has 0 saturated carbocycles. The number of benzene rings is 1. The van der Waals surface area contributed by atoms with Gasteiger partial charge in [0, 0.05) is 19.0 Å². The third-order valence-corrected chi connectivity index (χ3v) is 5.78. The standard InChI is InChI=1S/C20H25FN2OS/c1-13(2)10-18-22-14(3)19(25-18)20(24)23-9-5-8-17(23)12-15-6-4-7-16(21)11-15/h4,6-7,11,13,17H,5,8-10,12H2,1-3H3. The fourth-order valence-corrected chi connectivity index (χ4v) is 4.70. The first-order valence-electron chi connectivity index (χ1n) is 8.95. The van der Waals surface area contributed by atoms with Crippen molar-refractivity contribution >= 4 is 17.2 Å². The molecule has 1 aromatic carbocycles. The van der Waals surface area contributed by atoms with Crippen molar-refractivity contribution in [1.82, 2.24) is 9.88 Å². The molecule has 3 nitrogen and oxygen atoms in total. The highest BCUT2D eigenvalue weighted by molar-refractivity contribution is 7.13. The molecule has 2 aromatic rings. The van der Waals surface area contributed by atoms with Gasteiger partial charge in [-0.05, 0) is 49.8 Å². The number of carbonyl (C=O) groups is 1. The Morgan fingerprint density at radius 2 is 2.24 bits per heavy atom. The number of amides is 1. The summed E-state index contributed by atoms with van der Waals surface area (Å²) in [6, 6.07) is 6.84. The Morgan fingerprint density at radius 3 is 2.96 bits per heavy atom. The number of hydrogen-bond acceptors (Lipinski definition) is 3. The van der Waals surface area contributed by atoms with E-state index in [0.29, 0.717) is 12.3 Å². The van der Waals surface area contributed by atoms with Crippen LogP contribution >= 0.6 is 11.3 Å². The predicted octanol–water partition coefficient (Wildman–Crippen LogP) is 4.64. The van der Waals surface area contributed by atoms with Crippen LogP contribution in [0.2, 0.25) is 0 Å². The van der Waals surface area contributed by atoms with Crippen LogP contribution in [0.3, 0.4) is 0 Å². The van der Waals surface area contributed by atoms with Crippen molar-refractivity contribution in [3.63, 3.8) is 0 Å². The average molecular weight is 360 g/mol. The second-order valence-corrected chi connectivity index (χ2v) is 8.33. The molecule has 1 aliphatic rings. The largest absolute Gasteiger partial charge is 0.335 e. The SMILES string of the molecule is Cc1nc(CC(C)C)sc1C(=O)N1CCCC1Cc1cccc(F)c1. The summed E-state index contributed by atoms with van der Waals surface area (Å²) in [4.78, 5) is 20.4. The maximum absolute atomic E-state index is 13.4. The molecule has 1 aliphatic heterocycles. The van der Waals surface area contributed by atoms with E-state index in [1.165, 1.54) is 17.4 Å². The van der Waals surface area contributed by atoms with Gasteiger partial charge < -0.3 is 4.90 Å². The minimum absolute atomic E-state index is 0.0870. The van der Waals surface area contributed by atoms with Crippen molar-refractivity contribution in [2.45, 2.75) is 52.5 Å². The maximum Gasteiger partial charge on any atom is 0.266 e. The molecule has 134 valence electrons. The van der Waals surface area contributed by atoms with Gasteiger partial charge in [-0.3, -0.25) is 4.79 Å². The zero-order chi connectivity index (χ0) is 18.0. The summed E-state index contributed by atoms with van der Waals surface area (Å²) >= 11 is 1.53. The van der Waals surface area contributed by atoms with E-state index in [9.17, 15) is 9.18 Å². The molecular weight excluding hydrogens is 335 g/mol. The van der Waals surface area contributed by atoms with Crippen LogP contribution in [-0.2, 0) is 12.8 Å². The van der Waals surface area contributed by atoms with E-state index in [1.807, 2.05) is 17.9 Å². The number of likely N-dealkylation sites (tertiary alicyclic amines) is 1. The van der Waals surface area contributed by atoms with Crippen molar-refractivity contribution in [2.75, 3.05) is 6.54 Å².